The molecule has 0 unspecified atom stereocenters. The molecule has 2 aromatic heterocycles. The van der Waals surface area contributed by atoms with E-state index in [1.807, 2.05) is 4.52 Å². The van der Waals surface area contributed by atoms with Gasteiger partial charge in [-0.15, -0.1) is 10.2 Å². The molecular weight excluding hydrogens is 342 g/mol. The van der Waals surface area contributed by atoms with Crippen molar-refractivity contribution in [3.63, 3.8) is 0 Å². The van der Waals surface area contributed by atoms with Crippen molar-refractivity contribution in [1.29, 1.82) is 0 Å². The molecule has 0 bridgehead atoms. The largest absolute Gasteiger partial charge is 0.296 e. The Hall–Kier alpha value is -2.31. The van der Waals surface area contributed by atoms with E-state index >= 15 is 0 Å². The number of hydrogen-bond acceptors (Lipinski definition) is 5. The zero-order chi connectivity index (χ0) is 17.3. The molecule has 6 heteroatoms. The van der Waals surface area contributed by atoms with Crippen molar-refractivity contribution in [3.8, 4) is 10.6 Å². The third-order valence-corrected chi connectivity index (χ3v) is 6.06. The lowest BCUT2D eigenvalue weighted by atomic mass is 10.1. The fourth-order valence-corrected chi connectivity index (χ4v) is 4.54. The van der Waals surface area contributed by atoms with Gasteiger partial charge in [-0.3, -0.25) is 4.90 Å². The molecule has 0 N–H and O–H groups in total. The summed E-state index contributed by atoms with van der Waals surface area (Å²) in [6.45, 7) is 3.13. The summed E-state index contributed by atoms with van der Waals surface area (Å²) in [6.07, 6.45) is 5.24. The maximum atomic E-state index is 4.82. The van der Waals surface area contributed by atoms with Crippen LogP contribution in [0.3, 0.4) is 0 Å². The van der Waals surface area contributed by atoms with E-state index in [0.717, 1.165) is 41.0 Å². The minimum absolute atomic E-state index is 0.835. The van der Waals surface area contributed by atoms with Crippen LogP contribution >= 0.6 is 11.3 Å². The van der Waals surface area contributed by atoms with Gasteiger partial charge in [0.05, 0.1) is 6.54 Å². The Labute approximate surface area is 156 Å². The minimum Gasteiger partial charge on any atom is -0.296 e. The van der Waals surface area contributed by atoms with Crippen LogP contribution in [-0.4, -0.2) is 37.8 Å². The molecule has 1 fully saturated rings. The lowest BCUT2D eigenvalue weighted by Crippen LogP contribution is -2.25. The first-order valence-corrected chi connectivity index (χ1v) is 10.1. The zero-order valence-electron chi connectivity index (χ0n) is 14.6. The molecule has 0 radical (unpaired) electrons. The Balaban J connectivity index is 1.46. The van der Waals surface area contributed by atoms with E-state index in [4.69, 9.17) is 5.10 Å². The molecule has 4 aromatic rings. The number of fused-ring (bicyclic) bond motifs is 2. The van der Waals surface area contributed by atoms with Gasteiger partial charge in [-0.05, 0) is 42.8 Å². The molecule has 1 saturated heterocycles. The van der Waals surface area contributed by atoms with Crippen LogP contribution < -0.4 is 0 Å². The van der Waals surface area contributed by atoms with E-state index in [2.05, 4.69) is 57.6 Å². The highest BCUT2D eigenvalue weighted by Crippen LogP contribution is 2.28. The van der Waals surface area contributed by atoms with Gasteiger partial charge in [0.2, 0.25) is 4.96 Å². The molecule has 3 heterocycles. The Morgan fingerprint density at radius 2 is 1.69 bits per heavy atom. The Morgan fingerprint density at radius 1 is 0.885 bits per heavy atom. The van der Waals surface area contributed by atoms with Gasteiger partial charge in [-0.2, -0.15) is 9.61 Å². The van der Waals surface area contributed by atoms with Gasteiger partial charge in [0.15, 0.2) is 5.82 Å². The molecule has 0 atom stereocenters. The molecule has 5 rings (SSSR count). The van der Waals surface area contributed by atoms with Crippen LogP contribution in [0.1, 0.15) is 31.5 Å². The van der Waals surface area contributed by atoms with Crippen LogP contribution in [0.25, 0.3) is 26.3 Å². The number of aromatic nitrogens is 4. The number of nitrogens with zero attached hydrogens (tertiary/aromatic N) is 5. The van der Waals surface area contributed by atoms with Crippen molar-refractivity contribution in [2.45, 2.75) is 32.2 Å². The molecule has 0 saturated carbocycles. The number of rotatable bonds is 3. The van der Waals surface area contributed by atoms with E-state index in [-0.39, 0.29) is 0 Å². The quantitative estimate of drug-likeness (QED) is 0.542. The average Bonchev–Trinajstić information content (AvgIpc) is 3.15. The standard InChI is InChI=1S/C20H21N5S/c1-2-6-12-24(11-5-1)14-18-21-22-20-25(18)23-19(26-20)17-10-9-15-7-3-4-8-16(15)13-17/h3-4,7-10,13H,1-2,5-6,11-12,14H2. The fraction of sp³-hybridized carbons (Fsp3) is 0.350. The SMILES string of the molecule is c1ccc2cc(-c3nn4c(CN5CCCCCC5)nnc4s3)ccc2c1. The molecule has 132 valence electrons. The van der Waals surface area contributed by atoms with Crippen molar-refractivity contribution in [3.05, 3.63) is 48.3 Å². The van der Waals surface area contributed by atoms with Gasteiger partial charge >= 0.3 is 0 Å². The second-order valence-electron chi connectivity index (χ2n) is 6.97. The van der Waals surface area contributed by atoms with Crippen LogP contribution in [0.5, 0.6) is 0 Å². The van der Waals surface area contributed by atoms with Crippen LogP contribution in [0.2, 0.25) is 0 Å². The second-order valence-corrected chi connectivity index (χ2v) is 7.93. The van der Waals surface area contributed by atoms with E-state index in [1.165, 1.54) is 36.5 Å². The second kappa shape index (κ2) is 6.78. The Kier molecular flexibility index (Phi) is 4.15. The summed E-state index contributed by atoms with van der Waals surface area (Å²) in [5, 5.41) is 17.1. The Morgan fingerprint density at radius 3 is 2.54 bits per heavy atom. The molecule has 0 aliphatic carbocycles. The van der Waals surface area contributed by atoms with Gasteiger partial charge < -0.3 is 0 Å². The van der Waals surface area contributed by atoms with Gasteiger partial charge in [0.1, 0.15) is 5.01 Å². The summed E-state index contributed by atoms with van der Waals surface area (Å²) < 4.78 is 1.93. The molecular formula is C20H21N5S. The third kappa shape index (κ3) is 2.99. The maximum absolute atomic E-state index is 4.82. The third-order valence-electron chi connectivity index (χ3n) is 5.12. The summed E-state index contributed by atoms with van der Waals surface area (Å²) in [5.74, 6) is 0.949. The highest BCUT2D eigenvalue weighted by molar-refractivity contribution is 7.19. The summed E-state index contributed by atoms with van der Waals surface area (Å²) in [5.41, 5.74) is 1.14. The first-order valence-electron chi connectivity index (χ1n) is 9.29. The normalized spacial score (nSPS) is 16.3. The van der Waals surface area contributed by atoms with Crippen molar-refractivity contribution >= 4 is 27.1 Å². The molecule has 5 nitrogen and oxygen atoms in total. The molecule has 2 aromatic carbocycles. The summed E-state index contributed by atoms with van der Waals surface area (Å²) in [7, 11) is 0. The topological polar surface area (TPSA) is 46.3 Å². The van der Waals surface area contributed by atoms with Gasteiger partial charge in [-0.1, -0.05) is 60.6 Å². The van der Waals surface area contributed by atoms with E-state index in [9.17, 15) is 0 Å². The maximum Gasteiger partial charge on any atom is 0.235 e. The van der Waals surface area contributed by atoms with E-state index < -0.39 is 0 Å². The molecule has 1 aliphatic rings. The summed E-state index contributed by atoms with van der Waals surface area (Å²) in [6, 6.07) is 14.9. The van der Waals surface area contributed by atoms with Gasteiger partial charge in [0, 0.05) is 5.56 Å². The van der Waals surface area contributed by atoms with Gasteiger partial charge in [-0.25, -0.2) is 0 Å². The first-order chi connectivity index (χ1) is 12.9. The van der Waals surface area contributed by atoms with E-state index in [1.54, 1.807) is 11.3 Å². The predicted octanol–water partition coefficient (Wildman–Crippen LogP) is 4.38. The first kappa shape index (κ1) is 15.9. The van der Waals surface area contributed by atoms with Crippen LogP contribution in [0, 0.1) is 0 Å². The van der Waals surface area contributed by atoms with Crippen molar-refractivity contribution < 1.29 is 0 Å². The number of benzene rings is 2. The van der Waals surface area contributed by atoms with Gasteiger partial charge in [0.25, 0.3) is 0 Å². The lowest BCUT2D eigenvalue weighted by molar-refractivity contribution is 0.268. The molecule has 0 amide bonds. The predicted molar refractivity (Wildman–Crippen MR) is 105 cm³/mol. The van der Waals surface area contributed by atoms with Crippen molar-refractivity contribution in [2.24, 2.45) is 0 Å². The fourth-order valence-electron chi connectivity index (χ4n) is 3.69. The van der Waals surface area contributed by atoms with Crippen molar-refractivity contribution in [1.82, 2.24) is 24.7 Å². The molecule has 26 heavy (non-hydrogen) atoms. The average molecular weight is 363 g/mol. The molecule has 1 aliphatic heterocycles. The zero-order valence-corrected chi connectivity index (χ0v) is 15.5. The lowest BCUT2D eigenvalue weighted by Gasteiger charge is -2.17. The highest BCUT2D eigenvalue weighted by atomic mass is 32.1. The summed E-state index contributed by atoms with van der Waals surface area (Å²) >= 11 is 1.61. The summed E-state index contributed by atoms with van der Waals surface area (Å²) in [4.78, 5) is 3.36. The number of hydrogen-bond donors (Lipinski definition) is 0. The number of likely N-dealkylation sites (tertiary alicyclic amines) is 1. The van der Waals surface area contributed by atoms with Crippen molar-refractivity contribution in [2.75, 3.05) is 13.1 Å². The Bertz CT molecular complexity index is 1040. The highest BCUT2D eigenvalue weighted by Gasteiger charge is 2.17. The van der Waals surface area contributed by atoms with Crippen LogP contribution in [0.15, 0.2) is 42.5 Å². The van der Waals surface area contributed by atoms with Crippen LogP contribution in [-0.2, 0) is 6.54 Å². The van der Waals surface area contributed by atoms with Crippen LogP contribution in [0.4, 0.5) is 0 Å². The molecule has 0 spiro atoms. The minimum atomic E-state index is 0.835. The smallest absolute Gasteiger partial charge is 0.235 e. The van der Waals surface area contributed by atoms with E-state index in [0.29, 0.717) is 0 Å². The monoisotopic (exact) mass is 363 g/mol.